The van der Waals surface area contributed by atoms with Crippen molar-refractivity contribution < 1.29 is 4.74 Å². The van der Waals surface area contributed by atoms with Gasteiger partial charge in [0.2, 0.25) is 5.88 Å². The molecule has 0 bridgehead atoms. The van der Waals surface area contributed by atoms with Gasteiger partial charge in [0.15, 0.2) is 5.75 Å². The number of rotatable bonds is 3. The van der Waals surface area contributed by atoms with Crippen molar-refractivity contribution in [2.75, 3.05) is 0 Å². The van der Waals surface area contributed by atoms with Gasteiger partial charge in [0.05, 0.1) is 27.8 Å². The highest BCUT2D eigenvalue weighted by Gasteiger charge is 2.27. The molecule has 142 valence electrons. The third-order valence-electron chi connectivity index (χ3n) is 4.11. The Morgan fingerprint density at radius 3 is 2.50 bits per heavy atom. The number of ether oxygens (including phenoxy) is 1. The number of thiophene rings is 1. The van der Waals surface area contributed by atoms with Gasteiger partial charge in [-0.3, -0.25) is 0 Å². The summed E-state index contributed by atoms with van der Waals surface area (Å²) in [5, 5.41) is 9.49. The van der Waals surface area contributed by atoms with Crippen molar-refractivity contribution >= 4 is 44.8 Å². The molecule has 0 atom stereocenters. The number of aromatic nitrogens is 4. The van der Waals surface area contributed by atoms with Crippen LogP contribution in [-0.4, -0.2) is 20.2 Å². The van der Waals surface area contributed by atoms with E-state index in [1.165, 1.54) is 11.2 Å². The molecular formula is C20H16Cl2N4OS. The monoisotopic (exact) mass is 430 g/mol. The normalized spacial score (nSPS) is 11.8. The van der Waals surface area contributed by atoms with Gasteiger partial charge < -0.3 is 4.74 Å². The first-order valence-corrected chi connectivity index (χ1v) is 10.1. The summed E-state index contributed by atoms with van der Waals surface area (Å²) in [6.45, 7) is 6.50. The van der Waals surface area contributed by atoms with Crippen LogP contribution >= 0.6 is 34.5 Å². The summed E-state index contributed by atoms with van der Waals surface area (Å²) in [5.41, 5.74) is 1.84. The van der Waals surface area contributed by atoms with Crippen molar-refractivity contribution in [1.82, 2.24) is 20.2 Å². The average Bonchev–Trinajstić information content (AvgIpc) is 3.06. The Labute approximate surface area is 176 Å². The molecular weight excluding hydrogens is 415 g/mol. The summed E-state index contributed by atoms with van der Waals surface area (Å²) in [7, 11) is 0. The fraction of sp³-hybridized carbons (Fsp3) is 0.200. The predicted molar refractivity (Wildman–Crippen MR) is 114 cm³/mol. The molecule has 0 unspecified atom stereocenters. The third kappa shape index (κ3) is 3.55. The third-order valence-corrected chi connectivity index (χ3v) is 6.38. The van der Waals surface area contributed by atoms with Crippen LogP contribution in [0.15, 0.2) is 43.0 Å². The lowest BCUT2D eigenvalue weighted by molar-refractivity contribution is 0.464. The zero-order chi connectivity index (χ0) is 19.9. The second kappa shape index (κ2) is 7.28. The Morgan fingerprint density at radius 1 is 1.00 bits per heavy atom. The number of halogens is 2. The molecule has 4 aromatic rings. The number of benzene rings is 1. The first kappa shape index (κ1) is 19.1. The van der Waals surface area contributed by atoms with E-state index in [1.54, 1.807) is 35.9 Å². The molecule has 1 aromatic carbocycles. The molecule has 0 aliphatic rings. The van der Waals surface area contributed by atoms with Gasteiger partial charge in [-0.05, 0) is 23.1 Å². The highest BCUT2D eigenvalue weighted by molar-refractivity contribution is 7.19. The van der Waals surface area contributed by atoms with Crippen LogP contribution in [0.2, 0.25) is 10.0 Å². The van der Waals surface area contributed by atoms with E-state index in [-0.39, 0.29) is 5.41 Å². The Bertz CT molecular complexity index is 1160. The number of hydrogen-bond donors (Lipinski definition) is 0. The van der Waals surface area contributed by atoms with Crippen molar-refractivity contribution in [1.29, 1.82) is 0 Å². The lowest BCUT2D eigenvalue weighted by Gasteiger charge is -2.19. The van der Waals surface area contributed by atoms with E-state index < -0.39 is 0 Å². The SMILES string of the molecule is CC(C)(C)c1sc2ncnc(Oc3ccnnc3)c2c1-c1ccc(Cl)c(Cl)c1. The van der Waals surface area contributed by atoms with E-state index in [0.29, 0.717) is 21.7 Å². The topological polar surface area (TPSA) is 60.8 Å². The van der Waals surface area contributed by atoms with Gasteiger partial charge >= 0.3 is 0 Å². The molecule has 0 amide bonds. The average molecular weight is 431 g/mol. The maximum absolute atomic E-state index is 6.31. The number of fused-ring (bicyclic) bond motifs is 1. The van der Waals surface area contributed by atoms with Crippen molar-refractivity contribution in [3.05, 3.63) is 57.9 Å². The van der Waals surface area contributed by atoms with Gasteiger partial charge in [-0.15, -0.1) is 11.3 Å². The van der Waals surface area contributed by atoms with Crippen molar-refractivity contribution in [3.63, 3.8) is 0 Å². The first-order valence-electron chi connectivity index (χ1n) is 8.52. The minimum absolute atomic E-state index is 0.109. The fourth-order valence-electron chi connectivity index (χ4n) is 2.89. The van der Waals surface area contributed by atoms with Crippen LogP contribution < -0.4 is 4.74 Å². The maximum Gasteiger partial charge on any atom is 0.231 e. The van der Waals surface area contributed by atoms with E-state index >= 15 is 0 Å². The zero-order valence-corrected chi connectivity index (χ0v) is 17.7. The lowest BCUT2D eigenvalue weighted by Crippen LogP contribution is -2.10. The van der Waals surface area contributed by atoms with E-state index in [4.69, 9.17) is 27.9 Å². The molecule has 0 aliphatic carbocycles. The summed E-state index contributed by atoms with van der Waals surface area (Å²) in [6.07, 6.45) is 4.62. The molecule has 0 saturated carbocycles. The number of hydrogen-bond acceptors (Lipinski definition) is 6. The molecule has 0 aliphatic heterocycles. The second-order valence-electron chi connectivity index (χ2n) is 7.22. The van der Waals surface area contributed by atoms with Crippen LogP contribution in [-0.2, 0) is 5.41 Å². The van der Waals surface area contributed by atoms with E-state index in [2.05, 4.69) is 40.9 Å². The predicted octanol–water partition coefficient (Wildman–Crippen LogP) is 6.54. The molecule has 28 heavy (non-hydrogen) atoms. The van der Waals surface area contributed by atoms with E-state index in [0.717, 1.165) is 21.3 Å². The van der Waals surface area contributed by atoms with E-state index in [1.807, 2.05) is 12.1 Å². The molecule has 8 heteroatoms. The van der Waals surface area contributed by atoms with Crippen LogP contribution in [0.4, 0.5) is 0 Å². The van der Waals surface area contributed by atoms with Crippen molar-refractivity contribution in [2.45, 2.75) is 26.2 Å². The summed E-state index contributed by atoms with van der Waals surface area (Å²) in [4.78, 5) is 10.9. The van der Waals surface area contributed by atoms with Gasteiger partial charge in [0.25, 0.3) is 0 Å². The molecule has 3 aromatic heterocycles. The quantitative estimate of drug-likeness (QED) is 0.368. The van der Waals surface area contributed by atoms with Gasteiger partial charge in [0.1, 0.15) is 11.2 Å². The first-order chi connectivity index (χ1) is 13.3. The number of nitrogens with zero attached hydrogens (tertiary/aromatic N) is 4. The summed E-state index contributed by atoms with van der Waals surface area (Å²) >= 11 is 14.1. The minimum Gasteiger partial charge on any atom is -0.436 e. The molecule has 0 N–H and O–H groups in total. The molecule has 4 rings (SSSR count). The standard InChI is InChI=1S/C20H16Cl2N4OS/c1-20(2,3)17-15(11-4-5-13(21)14(22)8-11)16-18(23-10-24-19(16)28-17)27-12-6-7-25-26-9-12/h4-10H,1-3H3. The van der Waals surface area contributed by atoms with E-state index in [9.17, 15) is 0 Å². The Morgan fingerprint density at radius 2 is 1.82 bits per heavy atom. The minimum atomic E-state index is -0.109. The Hall–Kier alpha value is -2.28. The van der Waals surface area contributed by atoms with Crippen LogP contribution in [0.25, 0.3) is 21.3 Å². The zero-order valence-electron chi connectivity index (χ0n) is 15.4. The van der Waals surface area contributed by atoms with Crippen LogP contribution in [0, 0.1) is 0 Å². The van der Waals surface area contributed by atoms with Gasteiger partial charge in [-0.25, -0.2) is 9.97 Å². The van der Waals surface area contributed by atoms with Crippen molar-refractivity contribution in [3.8, 4) is 22.8 Å². The molecule has 0 spiro atoms. The van der Waals surface area contributed by atoms with Gasteiger partial charge in [-0.1, -0.05) is 50.0 Å². The molecule has 5 nitrogen and oxygen atoms in total. The summed E-state index contributed by atoms with van der Waals surface area (Å²) in [5.74, 6) is 1.02. The van der Waals surface area contributed by atoms with Crippen LogP contribution in [0.5, 0.6) is 11.6 Å². The Balaban J connectivity index is 2.00. The largest absolute Gasteiger partial charge is 0.436 e. The highest BCUT2D eigenvalue weighted by Crippen LogP contribution is 2.47. The molecule has 3 heterocycles. The van der Waals surface area contributed by atoms with Crippen LogP contribution in [0.3, 0.4) is 0 Å². The highest BCUT2D eigenvalue weighted by atomic mass is 35.5. The molecule has 0 radical (unpaired) electrons. The fourth-order valence-corrected chi connectivity index (χ4v) is 4.40. The second-order valence-corrected chi connectivity index (χ2v) is 9.04. The molecule has 0 fully saturated rings. The van der Waals surface area contributed by atoms with Crippen molar-refractivity contribution in [2.24, 2.45) is 0 Å². The Kier molecular flexibility index (Phi) is 4.95. The summed E-state index contributed by atoms with van der Waals surface area (Å²) in [6, 6.07) is 7.35. The summed E-state index contributed by atoms with van der Waals surface area (Å²) < 4.78 is 6.03. The maximum atomic E-state index is 6.31. The lowest BCUT2D eigenvalue weighted by atomic mass is 9.88. The molecule has 0 saturated heterocycles. The van der Waals surface area contributed by atoms with Crippen LogP contribution in [0.1, 0.15) is 25.6 Å². The van der Waals surface area contributed by atoms with Gasteiger partial charge in [-0.2, -0.15) is 10.2 Å². The van der Waals surface area contributed by atoms with Gasteiger partial charge in [0, 0.05) is 16.5 Å². The smallest absolute Gasteiger partial charge is 0.231 e.